The Hall–Kier alpha value is -2.54. The fourth-order valence-corrected chi connectivity index (χ4v) is 5.65. The number of alkyl halides is 3. The number of hydrogen-bond donors (Lipinski definition) is 1. The van der Waals surface area contributed by atoms with Crippen molar-refractivity contribution in [3.63, 3.8) is 0 Å². The predicted octanol–water partition coefficient (Wildman–Crippen LogP) is 6.47. The smallest absolute Gasteiger partial charge is 0.416 e. The van der Waals surface area contributed by atoms with Gasteiger partial charge in [-0.25, -0.2) is 0 Å². The summed E-state index contributed by atoms with van der Waals surface area (Å²) in [7, 11) is 0. The molecule has 0 amide bonds. The van der Waals surface area contributed by atoms with Gasteiger partial charge in [-0.1, -0.05) is 24.3 Å². The highest BCUT2D eigenvalue weighted by Gasteiger charge is 2.45. The second kappa shape index (κ2) is 11.0. The summed E-state index contributed by atoms with van der Waals surface area (Å²) in [6.45, 7) is 2.14. The van der Waals surface area contributed by atoms with Gasteiger partial charge in [0.05, 0.1) is 18.6 Å². The highest BCUT2D eigenvalue weighted by molar-refractivity contribution is 5.66. The Balaban J connectivity index is 1.23. The Morgan fingerprint density at radius 1 is 1.06 bits per heavy atom. The number of rotatable bonds is 11. The molecule has 0 aromatic heterocycles. The third-order valence-electron chi connectivity index (χ3n) is 7.65. The standard InChI is InChI=1S/C28H34F3NO3/c29-28(30,31)22-10-8-21(9-11-22)5-2-1-3-18-35-25-7-4-6-23(19-25)27-15-12-24(13-16-27)32(20-27)17-14-26(33)34/h4,6-11,19,24H,1-3,5,12-18,20H2,(H,33,34). The lowest BCUT2D eigenvalue weighted by atomic mass is 9.64. The van der Waals surface area contributed by atoms with Crippen molar-refractivity contribution < 1.29 is 27.8 Å². The number of aryl methyl sites for hydroxylation is 1. The summed E-state index contributed by atoms with van der Waals surface area (Å²) < 4.78 is 44.0. The molecule has 2 aromatic rings. The molecule has 3 aliphatic rings. The van der Waals surface area contributed by atoms with Crippen molar-refractivity contribution in [2.45, 2.75) is 75.4 Å². The molecule has 3 fully saturated rings. The van der Waals surface area contributed by atoms with E-state index in [1.165, 1.54) is 5.56 Å². The minimum absolute atomic E-state index is 0.0777. The van der Waals surface area contributed by atoms with E-state index in [-0.39, 0.29) is 11.8 Å². The number of nitrogens with zero attached hydrogens (tertiary/aromatic N) is 1. The van der Waals surface area contributed by atoms with Crippen molar-refractivity contribution in [2.24, 2.45) is 0 Å². The van der Waals surface area contributed by atoms with E-state index in [1.54, 1.807) is 12.1 Å². The number of piperidine rings is 2. The zero-order valence-electron chi connectivity index (χ0n) is 20.0. The summed E-state index contributed by atoms with van der Waals surface area (Å²) in [5, 5.41) is 9.08. The number of aliphatic carboxylic acids is 1. The third-order valence-corrected chi connectivity index (χ3v) is 7.65. The topological polar surface area (TPSA) is 49.8 Å². The maximum Gasteiger partial charge on any atom is 0.416 e. The number of ether oxygens (including phenoxy) is 1. The Kier molecular flexibility index (Phi) is 8.05. The number of fused-ring (bicyclic) bond motifs is 3. The van der Waals surface area contributed by atoms with Gasteiger partial charge in [-0.15, -0.1) is 0 Å². The number of unbranched alkanes of at least 4 members (excludes halogenated alkanes) is 2. The van der Waals surface area contributed by atoms with E-state index in [4.69, 9.17) is 9.84 Å². The number of carboxylic acids is 1. The van der Waals surface area contributed by atoms with Crippen molar-refractivity contribution >= 4 is 5.97 Å². The zero-order valence-corrected chi connectivity index (χ0v) is 20.0. The van der Waals surface area contributed by atoms with E-state index in [9.17, 15) is 18.0 Å². The number of benzene rings is 2. The maximum absolute atomic E-state index is 12.7. The van der Waals surface area contributed by atoms with Crippen LogP contribution in [0.15, 0.2) is 48.5 Å². The molecule has 7 heteroatoms. The van der Waals surface area contributed by atoms with Crippen molar-refractivity contribution in [1.29, 1.82) is 0 Å². The average Bonchev–Trinajstić information content (AvgIpc) is 2.85. The summed E-state index contributed by atoms with van der Waals surface area (Å²) in [4.78, 5) is 13.4. The van der Waals surface area contributed by atoms with Crippen molar-refractivity contribution in [2.75, 3.05) is 19.7 Å². The minimum atomic E-state index is -4.29. The number of hydrogen-bond acceptors (Lipinski definition) is 3. The second-order valence-corrected chi connectivity index (χ2v) is 10.0. The number of carboxylic acid groups (broad SMARTS) is 1. The SMILES string of the molecule is O=C(O)CCN1CC2(c3cccc(OCCCCCc4ccc(C(F)(F)F)cc4)c3)CCC1CC2. The van der Waals surface area contributed by atoms with Crippen LogP contribution in [0.25, 0.3) is 0 Å². The predicted molar refractivity (Wildman–Crippen MR) is 129 cm³/mol. The third kappa shape index (κ3) is 6.57. The van der Waals surface area contributed by atoms with E-state index in [0.717, 1.165) is 81.4 Å². The fourth-order valence-electron chi connectivity index (χ4n) is 5.65. The molecule has 2 aromatic carbocycles. The van der Waals surface area contributed by atoms with Gasteiger partial charge in [-0.3, -0.25) is 9.69 Å². The quantitative estimate of drug-likeness (QED) is 0.368. The lowest BCUT2D eigenvalue weighted by molar-refractivity contribution is -0.138. The van der Waals surface area contributed by atoms with E-state index in [2.05, 4.69) is 17.0 Å². The second-order valence-electron chi connectivity index (χ2n) is 10.0. The van der Waals surface area contributed by atoms with Crippen LogP contribution in [-0.2, 0) is 22.8 Å². The molecular weight excluding hydrogens is 455 g/mol. The molecule has 2 aliphatic heterocycles. The van der Waals surface area contributed by atoms with E-state index >= 15 is 0 Å². The summed E-state index contributed by atoms with van der Waals surface area (Å²) in [6.07, 6.45) is 3.90. The van der Waals surface area contributed by atoms with E-state index < -0.39 is 17.7 Å². The van der Waals surface area contributed by atoms with Crippen LogP contribution in [-0.4, -0.2) is 41.7 Å². The van der Waals surface area contributed by atoms with Gasteiger partial charge in [0.15, 0.2) is 0 Å². The molecule has 1 N–H and O–H groups in total. The van der Waals surface area contributed by atoms with E-state index in [0.29, 0.717) is 19.2 Å². The molecule has 1 aliphatic carbocycles. The normalized spacial score (nSPS) is 22.3. The monoisotopic (exact) mass is 489 g/mol. The Morgan fingerprint density at radius 2 is 1.80 bits per heavy atom. The van der Waals surface area contributed by atoms with E-state index in [1.807, 2.05) is 12.1 Å². The van der Waals surface area contributed by atoms with Gasteiger partial charge in [0.25, 0.3) is 0 Å². The van der Waals surface area contributed by atoms with Crippen molar-refractivity contribution in [1.82, 2.24) is 4.90 Å². The Bertz CT molecular complexity index is 982. The van der Waals surface area contributed by atoms with Gasteiger partial charge in [0.2, 0.25) is 0 Å². The minimum Gasteiger partial charge on any atom is -0.494 e. The molecule has 2 heterocycles. The van der Waals surface area contributed by atoms with Gasteiger partial charge in [-0.2, -0.15) is 13.2 Å². The largest absolute Gasteiger partial charge is 0.494 e. The Labute approximate surface area is 205 Å². The summed E-state index contributed by atoms with van der Waals surface area (Å²) >= 11 is 0. The lowest BCUT2D eigenvalue weighted by Gasteiger charge is -2.53. The van der Waals surface area contributed by atoms with Gasteiger partial charge in [0, 0.05) is 24.5 Å². The summed E-state index contributed by atoms with van der Waals surface area (Å²) in [5.74, 6) is 0.125. The van der Waals surface area contributed by atoms with Crippen LogP contribution >= 0.6 is 0 Å². The first-order valence-electron chi connectivity index (χ1n) is 12.6. The van der Waals surface area contributed by atoms with Crippen LogP contribution in [0.5, 0.6) is 5.75 Å². The average molecular weight is 490 g/mol. The molecule has 5 rings (SSSR count). The summed E-state index contributed by atoms with van der Waals surface area (Å²) in [6, 6.07) is 14.3. The molecular formula is C28H34F3NO3. The highest BCUT2D eigenvalue weighted by Crippen LogP contribution is 2.47. The van der Waals surface area contributed by atoms with Gasteiger partial charge < -0.3 is 9.84 Å². The number of carbonyl (C=O) groups is 1. The van der Waals surface area contributed by atoms with Gasteiger partial charge in [-0.05, 0) is 86.8 Å². The molecule has 2 bridgehead atoms. The fraction of sp³-hybridized carbons (Fsp3) is 0.536. The highest BCUT2D eigenvalue weighted by atomic mass is 19.4. The summed E-state index contributed by atoms with van der Waals surface area (Å²) in [5.41, 5.74) is 1.68. The van der Waals surface area contributed by atoms with Crippen LogP contribution in [0.1, 0.15) is 68.1 Å². The molecule has 2 saturated heterocycles. The van der Waals surface area contributed by atoms with Gasteiger partial charge in [0.1, 0.15) is 5.75 Å². The van der Waals surface area contributed by atoms with Crippen LogP contribution in [0.2, 0.25) is 0 Å². The lowest BCUT2D eigenvalue weighted by Crippen LogP contribution is -2.56. The molecule has 0 spiro atoms. The van der Waals surface area contributed by atoms with Crippen molar-refractivity contribution in [3.05, 3.63) is 65.2 Å². The first kappa shape index (κ1) is 25.5. The Morgan fingerprint density at radius 3 is 2.49 bits per heavy atom. The molecule has 1 saturated carbocycles. The zero-order chi connectivity index (χ0) is 24.9. The molecule has 0 radical (unpaired) electrons. The van der Waals surface area contributed by atoms with Crippen LogP contribution < -0.4 is 4.74 Å². The van der Waals surface area contributed by atoms with Gasteiger partial charge >= 0.3 is 12.1 Å². The van der Waals surface area contributed by atoms with Crippen LogP contribution in [0.3, 0.4) is 0 Å². The van der Waals surface area contributed by atoms with Crippen LogP contribution in [0, 0.1) is 0 Å². The molecule has 190 valence electrons. The molecule has 0 unspecified atom stereocenters. The van der Waals surface area contributed by atoms with Crippen molar-refractivity contribution in [3.8, 4) is 5.75 Å². The van der Waals surface area contributed by atoms with Crippen LogP contribution in [0.4, 0.5) is 13.2 Å². The first-order valence-corrected chi connectivity index (χ1v) is 12.6. The molecule has 4 nitrogen and oxygen atoms in total. The molecule has 35 heavy (non-hydrogen) atoms. The maximum atomic E-state index is 12.7. The first-order chi connectivity index (χ1) is 16.7. The number of halogens is 3. The molecule has 0 atom stereocenters.